The molecule has 310 valence electrons. The summed E-state index contributed by atoms with van der Waals surface area (Å²) < 4.78 is 2.39. The van der Waals surface area contributed by atoms with Crippen LogP contribution in [0.1, 0.15) is 0 Å². The van der Waals surface area contributed by atoms with Gasteiger partial charge in [-0.3, -0.25) is 0 Å². The molecule has 3 nitrogen and oxygen atoms in total. The lowest BCUT2D eigenvalue weighted by molar-refractivity contribution is 1.18. The monoisotopic (exact) mass is 849 g/mol. The maximum absolute atomic E-state index is 5.38. The second-order valence-electron chi connectivity index (χ2n) is 17.7. The number of hydrogen-bond donors (Lipinski definition) is 0. The third-order valence-corrected chi connectivity index (χ3v) is 13.9. The van der Waals surface area contributed by atoms with E-state index in [1.807, 2.05) is 0 Å². The van der Waals surface area contributed by atoms with Gasteiger partial charge < -0.3 is 4.57 Å². The van der Waals surface area contributed by atoms with Gasteiger partial charge in [-0.1, -0.05) is 164 Å². The van der Waals surface area contributed by atoms with Crippen molar-refractivity contribution in [3.8, 4) is 50.5 Å². The van der Waals surface area contributed by atoms with Gasteiger partial charge in [0.1, 0.15) is 0 Å². The Morgan fingerprint density at radius 3 is 1.00 bits per heavy atom. The molecule has 0 unspecified atom stereocenters. The van der Waals surface area contributed by atoms with Crippen LogP contribution in [0.5, 0.6) is 0 Å². The first-order valence-corrected chi connectivity index (χ1v) is 23.0. The van der Waals surface area contributed by atoms with E-state index in [1.54, 1.807) is 0 Å². The average molecular weight is 850 g/mol. The Labute approximate surface area is 386 Å². The summed E-state index contributed by atoms with van der Waals surface area (Å²) in [6.45, 7) is 0. The second kappa shape index (κ2) is 14.8. The summed E-state index contributed by atoms with van der Waals surface area (Å²) in [5, 5.41) is 14.5. The zero-order chi connectivity index (χ0) is 44.0. The molecule has 0 aliphatic carbocycles. The van der Waals surface area contributed by atoms with Gasteiger partial charge in [0.2, 0.25) is 0 Å². The van der Waals surface area contributed by atoms with Gasteiger partial charge >= 0.3 is 0 Å². The Morgan fingerprint density at radius 2 is 0.567 bits per heavy atom. The van der Waals surface area contributed by atoms with Crippen LogP contribution in [0.3, 0.4) is 0 Å². The highest BCUT2D eigenvalue weighted by molar-refractivity contribution is 6.25. The van der Waals surface area contributed by atoms with Crippen molar-refractivity contribution in [3.63, 3.8) is 0 Å². The van der Waals surface area contributed by atoms with Crippen molar-refractivity contribution in [1.82, 2.24) is 14.5 Å². The number of benzene rings is 11. The standard InChI is InChI=1S/C64H39N3/c1-2-18-46(19-3-1)67-61-34-28-42(40-14-12-16-44(36-40)59-32-30-55-51-24-6-4-20-47(51)49-22-8-10-26-53(49)63(55)65-59)38-57(61)58-39-43(29-35-62(58)67)41-15-13-17-45(37-41)60-33-31-56-52-25-7-5-21-48(52)50-23-9-11-27-54(50)64(56)66-60/h1-39H. The van der Waals surface area contributed by atoms with E-state index >= 15 is 0 Å². The van der Waals surface area contributed by atoms with E-state index < -0.39 is 0 Å². The summed E-state index contributed by atoms with van der Waals surface area (Å²) in [4.78, 5) is 10.8. The van der Waals surface area contributed by atoms with Crippen molar-refractivity contribution in [3.05, 3.63) is 237 Å². The molecule has 0 spiro atoms. The van der Waals surface area contributed by atoms with E-state index in [0.717, 1.165) is 61.5 Å². The van der Waals surface area contributed by atoms with Gasteiger partial charge in [-0.05, 0) is 127 Å². The predicted molar refractivity (Wildman–Crippen MR) is 283 cm³/mol. The molecule has 0 amide bonds. The van der Waals surface area contributed by atoms with Gasteiger partial charge in [0.15, 0.2) is 0 Å². The van der Waals surface area contributed by atoms with Crippen LogP contribution in [0.15, 0.2) is 237 Å². The molecule has 0 radical (unpaired) electrons. The highest BCUT2D eigenvalue weighted by Gasteiger charge is 2.17. The molecule has 14 aromatic rings. The fourth-order valence-corrected chi connectivity index (χ4v) is 10.8. The number of para-hydroxylation sites is 1. The minimum absolute atomic E-state index is 0.962. The smallest absolute Gasteiger partial charge is 0.0794 e. The summed E-state index contributed by atoms with van der Waals surface area (Å²) in [6, 6.07) is 85.7. The maximum Gasteiger partial charge on any atom is 0.0794 e. The van der Waals surface area contributed by atoms with E-state index in [1.165, 1.54) is 75.7 Å². The van der Waals surface area contributed by atoms with Gasteiger partial charge in [0.05, 0.1) is 33.5 Å². The van der Waals surface area contributed by atoms with E-state index in [2.05, 4.69) is 241 Å². The number of hydrogen-bond acceptors (Lipinski definition) is 2. The van der Waals surface area contributed by atoms with E-state index in [9.17, 15) is 0 Å². The van der Waals surface area contributed by atoms with Crippen LogP contribution in [0.2, 0.25) is 0 Å². The van der Waals surface area contributed by atoms with E-state index in [0.29, 0.717) is 0 Å². The van der Waals surface area contributed by atoms with Gasteiger partial charge in [-0.25, -0.2) is 9.97 Å². The molecule has 0 saturated carbocycles. The molecule has 67 heavy (non-hydrogen) atoms. The predicted octanol–water partition coefficient (Wildman–Crippen LogP) is 17.2. The summed E-state index contributed by atoms with van der Waals surface area (Å²) in [5.41, 5.74) is 14.3. The Kier molecular flexibility index (Phi) is 8.28. The van der Waals surface area contributed by atoms with E-state index in [4.69, 9.17) is 9.97 Å². The quantitative estimate of drug-likeness (QED) is 0.162. The molecule has 3 aromatic heterocycles. The highest BCUT2D eigenvalue weighted by atomic mass is 15.0. The summed E-state index contributed by atoms with van der Waals surface area (Å²) in [5.74, 6) is 0. The minimum Gasteiger partial charge on any atom is -0.309 e. The molecule has 0 N–H and O–H groups in total. The fraction of sp³-hybridized carbons (Fsp3) is 0. The first-order valence-electron chi connectivity index (χ1n) is 23.0. The van der Waals surface area contributed by atoms with Crippen LogP contribution < -0.4 is 0 Å². The summed E-state index contributed by atoms with van der Waals surface area (Å²) in [7, 11) is 0. The van der Waals surface area contributed by atoms with Crippen LogP contribution in [0.25, 0.3) is 137 Å². The third kappa shape index (κ3) is 5.92. The summed E-state index contributed by atoms with van der Waals surface area (Å²) in [6.07, 6.45) is 0. The molecule has 0 aliphatic heterocycles. The molecule has 0 atom stereocenters. The van der Waals surface area contributed by atoms with Crippen LogP contribution >= 0.6 is 0 Å². The number of pyridine rings is 2. The molecule has 14 rings (SSSR count). The third-order valence-electron chi connectivity index (χ3n) is 13.9. The van der Waals surface area contributed by atoms with E-state index in [-0.39, 0.29) is 0 Å². The zero-order valence-corrected chi connectivity index (χ0v) is 36.4. The molecule has 0 bridgehead atoms. The first-order chi connectivity index (χ1) is 33.2. The topological polar surface area (TPSA) is 30.7 Å². The van der Waals surface area contributed by atoms with Crippen LogP contribution in [0, 0.1) is 0 Å². The van der Waals surface area contributed by atoms with Crippen LogP contribution in [-0.2, 0) is 0 Å². The number of nitrogens with zero attached hydrogens (tertiary/aromatic N) is 3. The fourth-order valence-electron chi connectivity index (χ4n) is 10.8. The molecule has 3 heteroatoms. The number of rotatable bonds is 5. The Bertz CT molecular complexity index is 4000. The lowest BCUT2D eigenvalue weighted by atomic mass is 9.95. The number of aromatic nitrogens is 3. The first kappa shape index (κ1) is 37.5. The summed E-state index contributed by atoms with van der Waals surface area (Å²) >= 11 is 0. The van der Waals surface area contributed by atoms with Crippen molar-refractivity contribution >= 4 is 86.7 Å². The molecular weight excluding hydrogens is 811 g/mol. The van der Waals surface area contributed by atoms with Gasteiger partial charge in [0, 0.05) is 49.1 Å². The molecule has 0 saturated heterocycles. The Hall–Kier alpha value is -8.92. The van der Waals surface area contributed by atoms with Gasteiger partial charge in [0.25, 0.3) is 0 Å². The van der Waals surface area contributed by atoms with Crippen molar-refractivity contribution in [2.75, 3.05) is 0 Å². The van der Waals surface area contributed by atoms with Crippen LogP contribution in [0.4, 0.5) is 0 Å². The van der Waals surface area contributed by atoms with Crippen molar-refractivity contribution < 1.29 is 0 Å². The lowest BCUT2D eigenvalue weighted by Crippen LogP contribution is -1.93. The Balaban J connectivity index is 0.890. The zero-order valence-electron chi connectivity index (χ0n) is 36.4. The molecule has 0 fully saturated rings. The highest BCUT2D eigenvalue weighted by Crippen LogP contribution is 2.41. The molecule has 11 aromatic carbocycles. The SMILES string of the molecule is c1ccc(-n2c3ccc(-c4cccc(-c5ccc6c7ccccc7c7ccccc7c6n5)c4)cc3c3cc(-c4cccc(-c5ccc6c7ccccc7c7ccccc7c6n5)c4)ccc32)cc1. The molecular formula is C64H39N3. The second-order valence-corrected chi connectivity index (χ2v) is 17.7. The van der Waals surface area contributed by atoms with Crippen molar-refractivity contribution in [1.29, 1.82) is 0 Å². The Morgan fingerprint density at radius 1 is 0.224 bits per heavy atom. The largest absolute Gasteiger partial charge is 0.309 e. The van der Waals surface area contributed by atoms with Crippen molar-refractivity contribution in [2.24, 2.45) is 0 Å². The number of fused-ring (bicyclic) bond motifs is 15. The van der Waals surface area contributed by atoms with Crippen LogP contribution in [-0.4, -0.2) is 14.5 Å². The van der Waals surface area contributed by atoms with Gasteiger partial charge in [-0.15, -0.1) is 0 Å². The minimum atomic E-state index is 0.962. The molecule has 3 heterocycles. The van der Waals surface area contributed by atoms with Crippen molar-refractivity contribution in [2.45, 2.75) is 0 Å². The molecule has 0 aliphatic rings. The lowest BCUT2D eigenvalue weighted by Gasteiger charge is -2.12. The normalized spacial score (nSPS) is 11.9. The van der Waals surface area contributed by atoms with Gasteiger partial charge in [-0.2, -0.15) is 0 Å². The average Bonchev–Trinajstić information content (AvgIpc) is 3.74. The maximum atomic E-state index is 5.38.